The Hall–Kier alpha value is -1.71. The number of piperidine rings is 1. The molecule has 2 aliphatic rings. The van der Waals surface area contributed by atoms with Crippen LogP contribution in [-0.2, 0) is 0 Å². The van der Waals surface area contributed by atoms with E-state index < -0.39 is 0 Å². The van der Waals surface area contributed by atoms with Gasteiger partial charge in [-0.1, -0.05) is 6.92 Å². The summed E-state index contributed by atoms with van der Waals surface area (Å²) in [7, 11) is 0. The third kappa shape index (κ3) is 3.49. The number of amides is 2. The summed E-state index contributed by atoms with van der Waals surface area (Å²) in [5.74, 6) is 0.847. The molecule has 3 rings (SSSR count). The normalized spacial score (nSPS) is 19.9. The van der Waals surface area contributed by atoms with Crippen LogP contribution >= 0.6 is 0 Å². The fraction of sp³-hybridized carbons (Fsp3) is 0.588. The van der Waals surface area contributed by atoms with Gasteiger partial charge in [0.05, 0.1) is 0 Å². The van der Waals surface area contributed by atoms with Crippen molar-refractivity contribution in [2.24, 2.45) is 5.92 Å². The summed E-state index contributed by atoms with van der Waals surface area (Å²) >= 11 is 0. The average molecular weight is 287 g/mol. The van der Waals surface area contributed by atoms with Crippen molar-refractivity contribution in [3.05, 3.63) is 24.3 Å². The molecule has 0 aliphatic carbocycles. The van der Waals surface area contributed by atoms with Crippen LogP contribution in [0.3, 0.4) is 0 Å². The molecule has 1 N–H and O–H groups in total. The van der Waals surface area contributed by atoms with E-state index in [2.05, 4.69) is 29.3 Å². The van der Waals surface area contributed by atoms with E-state index in [1.54, 1.807) is 0 Å². The lowest BCUT2D eigenvalue weighted by Gasteiger charge is -2.32. The van der Waals surface area contributed by atoms with Gasteiger partial charge in [-0.2, -0.15) is 0 Å². The highest BCUT2D eigenvalue weighted by Gasteiger charge is 2.18. The summed E-state index contributed by atoms with van der Waals surface area (Å²) in [4.78, 5) is 16.4. The molecule has 4 heteroatoms. The number of benzene rings is 1. The standard InChI is InChI=1S/C17H25N3O/c1-14-8-12-19(13-9-14)16-6-4-15(5-7-16)18-17(21)20-10-2-3-11-20/h4-7,14H,2-3,8-13H2,1H3,(H,18,21). The SMILES string of the molecule is CC1CCN(c2ccc(NC(=O)N3CCCC3)cc2)CC1. The number of likely N-dealkylation sites (tertiary alicyclic amines) is 1. The zero-order chi connectivity index (χ0) is 14.7. The van der Waals surface area contributed by atoms with Gasteiger partial charge in [-0.3, -0.25) is 0 Å². The molecule has 0 aromatic heterocycles. The predicted octanol–water partition coefficient (Wildman–Crippen LogP) is 3.55. The zero-order valence-electron chi connectivity index (χ0n) is 12.8. The number of carbonyl (C=O) groups excluding carboxylic acids is 1. The van der Waals surface area contributed by atoms with Gasteiger partial charge >= 0.3 is 6.03 Å². The Balaban J connectivity index is 1.57. The van der Waals surface area contributed by atoms with Gasteiger partial charge in [-0.05, 0) is 55.9 Å². The lowest BCUT2D eigenvalue weighted by Crippen LogP contribution is -2.33. The molecular weight excluding hydrogens is 262 g/mol. The Kier molecular flexibility index (Phi) is 4.32. The smallest absolute Gasteiger partial charge is 0.321 e. The molecule has 0 bridgehead atoms. The number of urea groups is 1. The van der Waals surface area contributed by atoms with Crippen LogP contribution in [0.5, 0.6) is 0 Å². The van der Waals surface area contributed by atoms with Gasteiger partial charge in [0.15, 0.2) is 0 Å². The van der Waals surface area contributed by atoms with E-state index in [-0.39, 0.29) is 6.03 Å². The van der Waals surface area contributed by atoms with Gasteiger partial charge in [-0.25, -0.2) is 4.79 Å². The summed E-state index contributed by atoms with van der Waals surface area (Å²) in [6.07, 6.45) is 4.79. The first-order valence-corrected chi connectivity index (χ1v) is 8.13. The molecule has 1 aromatic carbocycles. The molecule has 2 saturated heterocycles. The van der Waals surface area contributed by atoms with Crippen molar-refractivity contribution in [1.29, 1.82) is 0 Å². The molecule has 2 fully saturated rings. The summed E-state index contributed by atoms with van der Waals surface area (Å²) in [5, 5.41) is 2.99. The van der Waals surface area contributed by atoms with Crippen LogP contribution in [0.15, 0.2) is 24.3 Å². The van der Waals surface area contributed by atoms with Crippen molar-refractivity contribution in [2.45, 2.75) is 32.6 Å². The fourth-order valence-electron chi connectivity index (χ4n) is 3.15. The van der Waals surface area contributed by atoms with Gasteiger partial charge in [-0.15, -0.1) is 0 Å². The van der Waals surface area contributed by atoms with E-state index in [4.69, 9.17) is 0 Å². The monoisotopic (exact) mass is 287 g/mol. The Bertz CT molecular complexity index is 471. The van der Waals surface area contributed by atoms with Crippen molar-refractivity contribution in [2.75, 3.05) is 36.4 Å². The number of nitrogens with one attached hydrogen (secondary N) is 1. The van der Waals surface area contributed by atoms with E-state index in [1.807, 2.05) is 17.0 Å². The number of rotatable bonds is 2. The third-order valence-electron chi connectivity index (χ3n) is 4.66. The van der Waals surface area contributed by atoms with Crippen LogP contribution in [0, 0.1) is 5.92 Å². The second-order valence-corrected chi connectivity index (χ2v) is 6.34. The first-order valence-electron chi connectivity index (χ1n) is 8.13. The Morgan fingerprint density at radius 3 is 2.29 bits per heavy atom. The highest BCUT2D eigenvalue weighted by molar-refractivity contribution is 5.89. The maximum atomic E-state index is 12.0. The third-order valence-corrected chi connectivity index (χ3v) is 4.66. The fourth-order valence-corrected chi connectivity index (χ4v) is 3.15. The minimum atomic E-state index is 0.0343. The van der Waals surface area contributed by atoms with Gasteiger partial charge in [0, 0.05) is 37.6 Å². The van der Waals surface area contributed by atoms with Crippen molar-refractivity contribution in [3.8, 4) is 0 Å². The quantitative estimate of drug-likeness (QED) is 0.903. The second kappa shape index (κ2) is 6.37. The lowest BCUT2D eigenvalue weighted by atomic mass is 9.99. The van der Waals surface area contributed by atoms with E-state index in [9.17, 15) is 4.79 Å². The Morgan fingerprint density at radius 1 is 1.05 bits per heavy atom. The predicted molar refractivity (Wildman–Crippen MR) is 86.9 cm³/mol. The summed E-state index contributed by atoms with van der Waals surface area (Å²) in [6, 6.07) is 8.31. The van der Waals surface area contributed by atoms with Crippen LogP contribution in [-0.4, -0.2) is 37.1 Å². The van der Waals surface area contributed by atoms with E-state index in [0.29, 0.717) is 0 Å². The summed E-state index contributed by atoms with van der Waals surface area (Å²) in [6.45, 7) is 6.38. The minimum Gasteiger partial charge on any atom is -0.372 e. The molecule has 4 nitrogen and oxygen atoms in total. The van der Waals surface area contributed by atoms with Gasteiger partial charge < -0.3 is 15.1 Å². The molecule has 0 spiro atoms. The van der Waals surface area contributed by atoms with E-state index >= 15 is 0 Å². The molecule has 21 heavy (non-hydrogen) atoms. The van der Waals surface area contributed by atoms with E-state index in [0.717, 1.165) is 50.6 Å². The molecule has 2 heterocycles. The van der Waals surface area contributed by atoms with Gasteiger partial charge in [0.2, 0.25) is 0 Å². The average Bonchev–Trinajstić information content (AvgIpc) is 3.03. The van der Waals surface area contributed by atoms with Crippen LogP contribution in [0.4, 0.5) is 16.2 Å². The molecule has 0 unspecified atom stereocenters. The molecular formula is C17H25N3O. The van der Waals surface area contributed by atoms with Gasteiger partial charge in [0.1, 0.15) is 0 Å². The molecule has 0 atom stereocenters. The Labute approximate surface area is 127 Å². The topological polar surface area (TPSA) is 35.6 Å². The van der Waals surface area contributed by atoms with Crippen LogP contribution in [0.25, 0.3) is 0 Å². The highest BCUT2D eigenvalue weighted by atomic mass is 16.2. The van der Waals surface area contributed by atoms with Crippen molar-refractivity contribution < 1.29 is 4.79 Å². The van der Waals surface area contributed by atoms with Crippen LogP contribution < -0.4 is 10.2 Å². The van der Waals surface area contributed by atoms with Crippen LogP contribution in [0.2, 0.25) is 0 Å². The first-order chi connectivity index (χ1) is 10.2. The maximum absolute atomic E-state index is 12.0. The summed E-state index contributed by atoms with van der Waals surface area (Å²) < 4.78 is 0. The molecule has 0 radical (unpaired) electrons. The van der Waals surface area contributed by atoms with Crippen molar-refractivity contribution in [1.82, 2.24) is 4.90 Å². The molecule has 2 aliphatic heterocycles. The molecule has 0 saturated carbocycles. The lowest BCUT2D eigenvalue weighted by molar-refractivity contribution is 0.222. The largest absolute Gasteiger partial charge is 0.372 e. The second-order valence-electron chi connectivity index (χ2n) is 6.34. The van der Waals surface area contributed by atoms with Crippen molar-refractivity contribution in [3.63, 3.8) is 0 Å². The minimum absolute atomic E-state index is 0.0343. The number of hydrogen-bond donors (Lipinski definition) is 1. The van der Waals surface area contributed by atoms with Crippen LogP contribution in [0.1, 0.15) is 32.6 Å². The molecule has 2 amide bonds. The molecule has 1 aromatic rings. The van der Waals surface area contributed by atoms with E-state index in [1.165, 1.54) is 18.5 Å². The maximum Gasteiger partial charge on any atom is 0.321 e. The zero-order valence-corrected chi connectivity index (χ0v) is 12.8. The Morgan fingerprint density at radius 2 is 1.67 bits per heavy atom. The molecule has 114 valence electrons. The van der Waals surface area contributed by atoms with Crippen molar-refractivity contribution >= 4 is 17.4 Å². The van der Waals surface area contributed by atoms with Gasteiger partial charge in [0.25, 0.3) is 0 Å². The number of anilines is 2. The first kappa shape index (κ1) is 14.2. The summed E-state index contributed by atoms with van der Waals surface area (Å²) in [5.41, 5.74) is 2.15. The number of nitrogens with zero attached hydrogens (tertiary/aromatic N) is 2. The highest BCUT2D eigenvalue weighted by Crippen LogP contribution is 2.24. The number of hydrogen-bond acceptors (Lipinski definition) is 2. The number of carbonyl (C=O) groups is 1.